The molecular weight excluding hydrogens is 663 g/mol. The van der Waals surface area contributed by atoms with E-state index in [1.165, 1.54) is 23.0 Å². The topological polar surface area (TPSA) is 99.4 Å². The Labute approximate surface area is 232 Å². The van der Waals surface area contributed by atoms with Gasteiger partial charge >= 0.3 is 5.97 Å². The number of ether oxygens (including phenoxy) is 3. The maximum Gasteiger partial charge on any atom is 0.338 e. The Morgan fingerprint density at radius 2 is 2.03 bits per heavy atom. The molecule has 8 nitrogen and oxygen atoms in total. The maximum absolute atomic E-state index is 13.8. The van der Waals surface area contributed by atoms with E-state index >= 15 is 0 Å². The number of benzene rings is 2. The predicted octanol–water partition coefficient (Wildman–Crippen LogP) is 3.89. The molecule has 1 aliphatic heterocycles. The molecule has 0 saturated heterocycles. The quantitative estimate of drug-likeness (QED) is 0.313. The summed E-state index contributed by atoms with van der Waals surface area (Å²) in [6.45, 7) is 3.63. The number of phenolic OH excluding ortho intramolecular Hbond substituents is 1. The van der Waals surface area contributed by atoms with E-state index in [0.717, 1.165) is 5.56 Å². The fourth-order valence-electron chi connectivity index (χ4n) is 3.96. The number of rotatable bonds is 6. The summed E-state index contributed by atoms with van der Waals surface area (Å²) in [5, 5.41) is 10.1. The van der Waals surface area contributed by atoms with Crippen LogP contribution in [0.25, 0.3) is 6.08 Å². The largest absolute Gasteiger partial charge is 0.506 e. The molecule has 1 aliphatic rings. The van der Waals surface area contributed by atoms with Gasteiger partial charge in [-0.3, -0.25) is 9.36 Å². The van der Waals surface area contributed by atoms with E-state index in [4.69, 9.17) is 14.2 Å². The smallest absolute Gasteiger partial charge is 0.338 e. The van der Waals surface area contributed by atoms with Gasteiger partial charge in [-0.15, -0.1) is 0 Å². The zero-order valence-corrected chi connectivity index (χ0v) is 24.4. The number of aromatic hydroxyl groups is 1. The number of allylic oxidation sites excluding steroid dienone is 1. The third kappa shape index (κ3) is 4.83. The van der Waals surface area contributed by atoms with Crippen LogP contribution in [0.4, 0.5) is 0 Å². The zero-order valence-electron chi connectivity index (χ0n) is 19.8. The minimum atomic E-state index is -0.834. The highest BCUT2D eigenvalue weighted by atomic mass is 127. The molecule has 1 atom stereocenters. The molecule has 0 aliphatic carbocycles. The Bertz CT molecular complexity index is 1550. The van der Waals surface area contributed by atoms with Crippen LogP contribution in [0.3, 0.4) is 0 Å². The third-order valence-electron chi connectivity index (χ3n) is 5.59. The maximum atomic E-state index is 13.8. The molecule has 2 aromatic carbocycles. The van der Waals surface area contributed by atoms with Crippen molar-refractivity contribution >= 4 is 61.9 Å². The van der Waals surface area contributed by atoms with Crippen molar-refractivity contribution in [1.29, 1.82) is 0 Å². The normalized spacial score (nSPS) is 15.4. The van der Waals surface area contributed by atoms with Crippen LogP contribution >= 0.6 is 49.9 Å². The van der Waals surface area contributed by atoms with Gasteiger partial charge < -0.3 is 19.3 Å². The Hall–Kier alpha value is -2.64. The van der Waals surface area contributed by atoms with E-state index in [0.29, 0.717) is 40.1 Å². The molecule has 36 heavy (non-hydrogen) atoms. The van der Waals surface area contributed by atoms with Gasteiger partial charge in [-0.25, -0.2) is 9.79 Å². The van der Waals surface area contributed by atoms with Crippen molar-refractivity contribution in [2.75, 3.05) is 20.8 Å². The van der Waals surface area contributed by atoms with Crippen LogP contribution < -0.4 is 24.4 Å². The summed E-state index contributed by atoms with van der Waals surface area (Å²) in [4.78, 5) is 31.9. The Kier molecular flexibility index (Phi) is 7.90. The Morgan fingerprint density at radius 3 is 2.67 bits per heavy atom. The van der Waals surface area contributed by atoms with Crippen molar-refractivity contribution in [3.63, 3.8) is 0 Å². The van der Waals surface area contributed by atoms with E-state index in [-0.39, 0.29) is 23.5 Å². The van der Waals surface area contributed by atoms with Crippen molar-refractivity contribution in [1.82, 2.24) is 4.57 Å². The number of halogens is 2. The molecule has 4 rings (SSSR count). The summed E-state index contributed by atoms with van der Waals surface area (Å²) in [7, 11) is 3.07. The highest BCUT2D eigenvalue weighted by molar-refractivity contribution is 14.1. The van der Waals surface area contributed by atoms with Crippen LogP contribution in [0.15, 0.2) is 55.9 Å². The first-order chi connectivity index (χ1) is 17.2. The monoisotopic (exact) mass is 684 g/mol. The second-order valence-electron chi connectivity index (χ2n) is 7.74. The van der Waals surface area contributed by atoms with Crippen molar-refractivity contribution in [3.8, 4) is 17.2 Å². The molecule has 2 heterocycles. The number of esters is 1. The van der Waals surface area contributed by atoms with Gasteiger partial charge in [-0.2, -0.15) is 0 Å². The van der Waals surface area contributed by atoms with Gasteiger partial charge in [0.25, 0.3) is 5.56 Å². The van der Waals surface area contributed by atoms with Crippen LogP contribution in [0, 0.1) is 3.57 Å². The van der Waals surface area contributed by atoms with E-state index in [1.54, 1.807) is 57.4 Å². The lowest BCUT2D eigenvalue weighted by molar-refractivity contribution is -0.139. The van der Waals surface area contributed by atoms with Gasteiger partial charge in [-0.05, 0) is 94.3 Å². The van der Waals surface area contributed by atoms with Gasteiger partial charge in [0, 0.05) is 5.56 Å². The van der Waals surface area contributed by atoms with Crippen LogP contribution in [0.5, 0.6) is 17.2 Å². The lowest BCUT2D eigenvalue weighted by atomic mass is 9.94. The molecule has 11 heteroatoms. The molecule has 0 radical (unpaired) electrons. The molecule has 0 unspecified atom stereocenters. The first kappa shape index (κ1) is 26.4. The molecule has 3 aromatic rings. The van der Waals surface area contributed by atoms with E-state index in [1.807, 2.05) is 22.6 Å². The van der Waals surface area contributed by atoms with E-state index < -0.39 is 12.0 Å². The van der Waals surface area contributed by atoms with Crippen molar-refractivity contribution in [2.45, 2.75) is 19.9 Å². The minimum Gasteiger partial charge on any atom is -0.506 e. The highest BCUT2D eigenvalue weighted by Gasteiger charge is 2.35. The van der Waals surface area contributed by atoms with Crippen LogP contribution in [-0.4, -0.2) is 36.5 Å². The van der Waals surface area contributed by atoms with E-state index in [2.05, 4.69) is 20.9 Å². The summed E-state index contributed by atoms with van der Waals surface area (Å²) in [6, 6.07) is 7.90. The number of carbonyl (C=O) groups is 1. The van der Waals surface area contributed by atoms with Gasteiger partial charge in [0.15, 0.2) is 4.80 Å². The molecule has 0 bridgehead atoms. The van der Waals surface area contributed by atoms with Crippen LogP contribution in [0.2, 0.25) is 0 Å². The Balaban J connectivity index is 2.02. The average Bonchev–Trinajstić information content (AvgIpc) is 3.15. The number of thiazole rings is 1. The predicted molar refractivity (Wildman–Crippen MR) is 148 cm³/mol. The highest BCUT2D eigenvalue weighted by Crippen LogP contribution is 2.38. The van der Waals surface area contributed by atoms with Gasteiger partial charge in [0.2, 0.25) is 0 Å². The average molecular weight is 685 g/mol. The van der Waals surface area contributed by atoms with E-state index in [9.17, 15) is 14.7 Å². The number of carbonyl (C=O) groups excluding carboxylic acids is 1. The van der Waals surface area contributed by atoms with Crippen LogP contribution in [0.1, 0.15) is 31.0 Å². The fraction of sp³-hybridized carbons (Fsp3) is 0.240. The number of hydrogen-bond donors (Lipinski definition) is 1. The minimum absolute atomic E-state index is 0.133. The zero-order chi connectivity index (χ0) is 26.1. The second kappa shape index (κ2) is 10.8. The van der Waals surface area contributed by atoms with Gasteiger partial charge in [-0.1, -0.05) is 11.3 Å². The van der Waals surface area contributed by atoms with Crippen molar-refractivity contribution in [2.24, 2.45) is 4.99 Å². The summed E-state index contributed by atoms with van der Waals surface area (Å²) >= 11 is 6.59. The number of aromatic nitrogens is 1. The lowest BCUT2D eigenvalue weighted by Gasteiger charge is -2.26. The molecule has 1 aromatic heterocycles. The second-order valence-corrected chi connectivity index (χ2v) is 10.8. The molecule has 0 saturated carbocycles. The van der Waals surface area contributed by atoms with Crippen LogP contribution in [-0.2, 0) is 9.53 Å². The van der Waals surface area contributed by atoms with Crippen molar-refractivity contribution < 1.29 is 24.1 Å². The fourth-order valence-corrected chi connectivity index (χ4v) is 6.50. The van der Waals surface area contributed by atoms with Gasteiger partial charge in [0.1, 0.15) is 23.3 Å². The number of nitrogens with zero attached hydrogens (tertiary/aromatic N) is 2. The molecule has 0 fully saturated rings. The number of hydrogen-bond acceptors (Lipinski definition) is 8. The summed E-state index contributed by atoms with van der Waals surface area (Å²) in [5.41, 5.74) is 1.69. The SMILES string of the molecule is CCOC(=O)C1=C(C)N=c2s/c(=C/c3cc(Br)c(O)c(I)c3)c(=O)n2[C@@H]1c1cc(OC)ccc1OC. The molecule has 1 N–H and O–H groups in total. The first-order valence-electron chi connectivity index (χ1n) is 10.8. The number of methoxy groups -OCH3 is 2. The molecular formula is C25H22BrIN2O6S. The molecule has 188 valence electrons. The summed E-state index contributed by atoms with van der Waals surface area (Å²) < 4.78 is 19.5. The summed E-state index contributed by atoms with van der Waals surface area (Å²) in [6.07, 6.45) is 1.74. The third-order valence-corrected chi connectivity index (χ3v) is 8.00. The lowest BCUT2D eigenvalue weighted by Crippen LogP contribution is -2.40. The molecule has 0 spiro atoms. The number of phenols is 1. The first-order valence-corrected chi connectivity index (χ1v) is 13.5. The molecule has 0 amide bonds. The van der Waals surface area contributed by atoms with Crippen molar-refractivity contribution in [3.05, 3.63) is 80.5 Å². The Morgan fingerprint density at radius 1 is 1.28 bits per heavy atom. The summed E-state index contributed by atoms with van der Waals surface area (Å²) in [5.74, 6) is 0.618. The van der Waals surface area contributed by atoms with Gasteiger partial charge in [0.05, 0.1) is 44.7 Å². The standard InChI is InChI=1S/C25H22BrIN2O6S/c1-5-35-24(32)20-12(2)28-25-29(21(20)15-11-14(33-3)6-7-18(15)34-4)23(31)19(36-25)10-13-8-16(26)22(30)17(27)9-13/h6-11,21,30H,5H2,1-4H3/b19-10+/t21-/m1/s1. The number of fused-ring (bicyclic) bond motifs is 1.